The second-order valence-electron chi connectivity index (χ2n) is 17.8. The highest BCUT2D eigenvalue weighted by molar-refractivity contribution is 6.74. The van der Waals surface area contributed by atoms with Gasteiger partial charge >= 0.3 is 5.97 Å². The van der Waals surface area contributed by atoms with Crippen molar-refractivity contribution in [1.29, 1.82) is 0 Å². The van der Waals surface area contributed by atoms with Crippen molar-refractivity contribution in [2.75, 3.05) is 0 Å². The summed E-state index contributed by atoms with van der Waals surface area (Å²) >= 11 is 0. The number of hydrogen-bond acceptors (Lipinski definition) is 3. The van der Waals surface area contributed by atoms with E-state index in [-0.39, 0.29) is 39.0 Å². The number of aliphatic carboxylic acids is 1. The van der Waals surface area contributed by atoms with Gasteiger partial charge in [0.2, 0.25) is 0 Å². The van der Waals surface area contributed by atoms with Crippen molar-refractivity contribution < 1.29 is 18.8 Å². The van der Waals surface area contributed by atoms with E-state index < -0.39 is 22.6 Å². The molecule has 0 amide bonds. The van der Waals surface area contributed by atoms with E-state index in [0.717, 1.165) is 32.1 Å². The van der Waals surface area contributed by atoms with Crippen molar-refractivity contribution in [3.63, 3.8) is 0 Å². The van der Waals surface area contributed by atoms with Crippen LogP contribution in [-0.4, -0.2) is 39.9 Å². The van der Waals surface area contributed by atoms with Gasteiger partial charge in [-0.2, -0.15) is 0 Å². The van der Waals surface area contributed by atoms with Gasteiger partial charge in [-0.15, -0.1) is 0 Å². The smallest absolute Gasteiger partial charge is 0.306 e. The highest BCUT2D eigenvalue weighted by atomic mass is 28.4. The monoisotopic (exact) mass is 590 g/mol. The summed E-state index contributed by atoms with van der Waals surface area (Å²) in [5, 5.41) is 10.3. The van der Waals surface area contributed by atoms with Crippen LogP contribution in [0.5, 0.6) is 0 Å². The number of fused-ring (bicyclic) bond motifs is 5. The molecule has 1 N–H and O–H groups in total. The number of rotatable bonds is 6. The van der Waals surface area contributed by atoms with E-state index in [1.807, 2.05) is 6.92 Å². The Morgan fingerprint density at radius 3 is 2.08 bits per heavy atom. The van der Waals surface area contributed by atoms with Gasteiger partial charge in [-0.3, -0.25) is 4.79 Å². The summed E-state index contributed by atoms with van der Waals surface area (Å²) in [6, 6.07) is 0. The van der Waals surface area contributed by atoms with Crippen LogP contribution in [0.4, 0.5) is 0 Å². The Balaban J connectivity index is 1.71. The molecule has 0 bridgehead atoms. The quantitative estimate of drug-likeness (QED) is 0.247. The van der Waals surface area contributed by atoms with Gasteiger partial charge < -0.3 is 14.0 Å². The summed E-state index contributed by atoms with van der Waals surface area (Å²) in [4.78, 5) is 12.0. The summed E-state index contributed by atoms with van der Waals surface area (Å²) in [5.41, 5.74) is 1.77. The molecule has 0 aromatic carbocycles. The van der Waals surface area contributed by atoms with E-state index in [1.165, 1.54) is 12.8 Å². The van der Waals surface area contributed by atoms with Crippen LogP contribution in [-0.2, 0) is 13.6 Å². The normalized spacial score (nSPS) is 39.6. The summed E-state index contributed by atoms with van der Waals surface area (Å²) in [5.74, 6) is 1.27. The van der Waals surface area contributed by atoms with E-state index in [9.17, 15) is 9.90 Å². The minimum atomic E-state index is -2.01. The highest BCUT2D eigenvalue weighted by Crippen LogP contribution is 2.68. The molecule has 0 unspecified atom stereocenters. The van der Waals surface area contributed by atoms with Crippen LogP contribution in [0.3, 0.4) is 0 Å². The minimum absolute atomic E-state index is 0.0313. The molecule has 0 radical (unpaired) electrons. The molecule has 0 spiro atoms. The summed E-state index contributed by atoms with van der Waals surface area (Å²) in [6.45, 7) is 30.7. The topological polar surface area (TPSA) is 55.8 Å². The van der Waals surface area contributed by atoms with Crippen molar-refractivity contribution in [2.45, 2.75) is 156 Å². The van der Waals surface area contributed by atoms with Gasteiger partial charge in [0.15, 0.2) is 16.6 Å². The minimum Gasteiger partial charge on any atom is -0.481 e. The lowest BCUT2D eigenvalue weighted by molar-refractivity contribution is -0.147. The lowest BCUT2D eigenvalue weighted by Crippen LogP contribution is -2.60. The lowest BCUT2D eigenvalue weighted by Gasteiger charge is -2.62. The second kappa shape index (κ2) is 10.3. The van der Waals surface area contributed by atoms with Crippen molar-refractivity contribution in [3.8, 4) is 0 Å². The first-order valence-corrected chi connectivity index (χ1v) is 22.2. The van der Waals surface area contributed by atoms with Crippen molar-refractivity contribution in [3.05, 3.63) is 11.6 Å². The first-order chi connectivity index (χ1) is 18.1. The second-order valence-corrected chi connectivity index (χ2v) is 27.3. The molecule has 0 saturated heterocycles. The Morgan fingerprint density at radius 1 is 0.950 bits per heavy atom. The molecule has 4 nitrogen and oxygen atoms in total. The third-order valence-corrected chi connectivity index (χ3v) is 22.7. The van der Waals surface area contributed by atoms with E-state index in [4.69, 9.17) is 8.85 Å². The van der Waals surface area contributed by atoms with Gasteiger partial charge in [0.05, 0.1) is 18.1 Å². The average Bonchev–Trinajstić information content (AvgIpc) is 3.14. The number of carboxylic acids is 1. The Bertz CT molecular complexity index is 1000. The third kappa shape index (κ3) is 5.28. The standard InChI is InChI=1S/C34H62O4Si2/c1-22(30(35)36)26-16-17-27-25-15-14-23-20-24(37-39(10,11)31(2,3)4)21-29(38-40(12,13)32(5,6)7)34(23,9)28(25)18-19-33(26,27)8/h14,22,24-29H,15-21H2,1-13H3,(H,35,36)/t22-,24+,25-,26+,27-,28-,29-,33+,34-/m0/s1. The Kier molecular flexibility index (Phi) is 8.39. The van der Waals surface area contributed by atoms with Crippen LogP contribution < -0.4 is 0 Å². The van der Waals surface area contributed by atoms with Crippen LogP contribution in [0.1, 0.15) is 107 Å². The maximum absolute atomic E-state index is 12.0. The molecule has 0 aliphatic heterocycles. The summed E-state index contributed by atoms with van der Waals surface area (Å²) in [7, 11) is -3.92. The molecule has 4 aliphatic rings. The zero-order valence-electron chi connectivity index (χ0n) is 28.2. The van der Waals surface area contributed by atoms with Crippen LogP contribution in [0.25, 0.3) is 0 Å². The molecule has 0 aromatic heterocycles. The van der Waals surface area contributed by atoms with Crippen LogP contribution in [0.2, 0.25) is 36.3 Å². The summed E-state index contributed by atoms with van der Waals surface area (Å²) in [6.07, 6.45) is 10.8. The third-order valence-electron chi connectivity index (χ3n) is 13.7. The largest absolute Gasteiger partial charge is 0.481 e. The SMILES string of the molecule is C[C@H](C(=O)O)[C@H]1CC[C@H]2[C@@H]3CC=C4C[C@@H](O[Si](C)(C)C(C)(C)C)C[C@H](O[Si](C)(C)C(C)(C)C)[C@]4(C)[C@H]3CC[C@]12C. The zero-order valence-corrected chi connectivity index (χ0v) is 30.2. The van der Waals surface area contributed by atoms with Gasteiger partial charge in [-0.1, -0.05) is 74.0 Å². The van der Waals surface area contributed by atoms with Crippen molar-refractivity contribution >= 4 is 22.6 Å². The van der Waals surface area contributed by atoms with Crippen LogP contribution in [0, 0.1) is 40.4 Å². The van der Waals surface area contributed by atoms with Gasteiger partial charge in [-0.05, 0) is 110 Å². The Labute approximate surface area is 248 Å². The van der Waals surface area contributed by atoms with Crippen molar-refractivity contribution in [1.82, 2.24) is 0 Å². The lowest BCUT2D eigenvalue weighted by atomic mass is 9.46. The highest BCUT2D eigenvalue weighted by Gasteiger charge is 2.63. The predicted molar refractivity (Wildman–Crippen MR) is 172 cm³/mol. The molecular formula is C34H62O4Si2. The molecule has 4 aliphatic carbocycles. The number of hydrogen-bond donors (Lipinski definition) is 1. The Morgan fingerprint density at radius 2 is 1.52 bits per heavy atom. The molecule has 6 heteroatoms. The molecule has 0 aromatic rings. The van der Waals surface area contributed by atoms with Gasteiger partial charge in [0, 0.05) is 5.41 Å². The molecule has 0 heterocycles. The number of carbonyl (C=O) groups is 1. The Hall–Kier alpha value is -0.436. The zero-order chi connectivity index (χ0) is 30.3. The molecule has 230 valence electrons. The molecule has 3 saturated carbocycles. The van der Waals surface area contributed by atoms with E-state index >= 15 is 0 Å². The molecule has 3 fully saturated rings. The first-order valence-electron chi connectivity index (χ1n) is 16.3. The molecular weight excluding hydrogens is 529 g/mol. The molecule has 4 rings (SSSR count). The first kappa shape index (κ1) is 32.5. The number of allylic oxidation sites excluding steroid dienone is 1. The fourth-order valence-corrected chi connectivity index (χ4v) is 11.9. The van der Waals surface area contributed by atoms with Crippen LogP contribution >= 0.6 is 0 Å². The van der Waals surface area contributed by atoms with E-state index in [0.29, 0.717) is 23.7 Å². The maximum Gasteiger partial charge on any atom is 0.306 e. The predicted octanol–water partition coefficient (Wildman–Crippen LogP) is 9.68. The molecule has 9 atom stereocenters. The fraction of sp³-hybridized carbons (Fsp3) is 0.912. The van der Waals surface area contributed by atoms with Gasteiger partial charge in [0.1, 0.15) is 0 Å². The average molecular weight is 591 g/mol. The van der Waals surface area contributed by atoms with Crippen LogP contribution in [0.15, 0.2) is 11.6 Å². The van der Waals surface area contributed by atoms with Gasteiger partial charge in [0.25, 0.3) is 0 Å². The number of carboxylic acid groups (broad SMARTS) is 1. The fourth-order valence-electron chi connectivity index (χ4n) is 9.08. The van der Waals surface area contributed by atoms with E-state index in [2.05, 4.69) is 87.7 Å². The van der Waals surface area contributed by atoms with E-state index in [1.54, 1.807) is 5.57 Å². The summed E-state index contributed by atoms with van der Waals surface area (Å²) < 4.78 is 14.6. The maximum atomic E-state index is 12.0. The van der Waals surface area contributed by atoms with Crippen molar-refractivity contribution in [2.24, 2.45) is 40.4 Å². The van der Waals surface area contributed by atoms with Gasteiger partial charge in [-0.25, -0.2) is 0 Å². The molecule has 40 heavy (non-hydrogen) atoms.